The Kier molecular flexibility index (Phi) is 4.11. The molecule has 1 aliphatic rings. The average Bonchev–Trinajstić information content (AvgIpc) is 2.86. The van der Waals surface area contributed by atoms with Gasteiger partial charge in [0.25, 0.3) is 0 Å². The first-order chi connectivity index (χ1) is 6.17. The first kappa shape index (κ1) is 10.9. The van der Waals surface area contributed by atoms with E-state index in [1.807, 2.05) is 0 Å². The molecule has 6 heteroatoms. The van der Waals surface area contributed by atoms with Crippen LogP contribution < -0.4 is 4.72 Å². The third kappa shape index (κ3) is 4.04. The summed E-state index contributed by atoms with van der Waals surface area (Å²) in [7, 11) is -3.07. The minimum atomic E-state index is -3.07. The standard InChI is InChI=1S/C7H15NO4S/c9-4-6-12-5-3-8-13(10,11)7-1-2-7/h7-9H,1-6H2. The van der Waals surface area contributed by atoms with Gasteiger partial charge >= 0.3 is 0 Å². The number of sulfonamides is 1. The highest BCUT2D eigenvalue weighted by molar-refractivity contribution is 7.90. The molecule has 13 heavy (non-hydrogen) atoms. The van der Waals surface area contributed by atoms with Crippen LogP contribution >= 0.6 is 0 Å². The summed E-state index contributed by atoms with van der Waals surface area (Å²) in [5.41, 5.74) is 0. The van der Waals surface area contributed by atoms with Crippen molar-refractivity contribution < 1.29 is 18.3 Å². The molecule has 0 bridgehead atoms. The van der Waals surface area contributed by atoms with Gasteiger partial charge in [-0.2, -0.15) is 0 Å². The topological polar surface area (TPSA) is 75.6 Å². The molecule has 1 saturated carbocycles. The van der Waals surface area contributed by atoms with Crippen molar-refractivity contribution in [2.45, 2.75) is 18.1 Å². The molecule has 1 aliphatic carbocycles. The molecule has 0 unspecified atom stereocenters. The molecular formula is C7H15NO4S. The van der Waals surface area contributed by atoms with E-state index in [9.17, 15) is 8.42 Å². The summed E-state index contributed by atoms with van der Waals surface area (Å²) in [5, 5.41) is 8.18. The quantitative estimate of drug-likeness (QED) is 0.532. The fourth-order valence-electron chi connectivity index (χ4n) is 0.919. The number of hydrogen-bond acceptors (Lipinski definition) is 4. The summed E-state index contributed by atoms with van der Waals surface area (Å²) in [6, 6.07) is 0. The van der Waals surface area contributed by atoms with E-state index in [0.717, 1.165) is 12.8 Å². The van der Waals surface area contributed by atoms with Gasteiger partial charge in [0.2, 0.25) is 10.0 Å². The van der Waals surface area contributed by atoms with Crippen LogP contribution in [-0.2, 0) is 14.8 Å². The fraction of sp³-hybridized carbons (Fsp3) is 1.00. The summed E-state index contributed by atoms with van der Waals surface area (Å²) >= 11 is 0. The molecule has 0 saturated heterocycles. The maximum absolute atomic E-state index is 11.2. The minimum Gasteiger partial charge on any atom is -0.394 e. The van der Waals surface area contributed by atoms with E-state index in [1.165, 1.54) is 0 Å². The van der Waals surface area contributed by atoms with E-state index in [-0.39, 0.29) is 18.5 Å². The Bertz CT molecular complexity index is 235. The van der Waals surface area contributed by atoms with Crippen LogP contribution in [0.4, 0.5) is 0 Å². The lowest BCUT2D eigenvalue weighted by Gasteiger charge is -2.05. The number of aliphatic hydroxyl groups excluding tert-OH is 1. The number of hydrogen-bond donors (Lipinski definition) is 2. The van der Waals surface area contributed by atoms with E-state index >= 15 is 0 Å². The molecule has 1 rings (SSSR count). The second-order valence-electron chi connectivity index (χ2n) is 2.97. The van der Waals surface area contributed by atoms with Crippen LogP contribution in [0.1, 0.15) is 12.8 Å². The largest absolute Gasteiger partial charge is 0.394 e. The van der Waals surface area contributed by atoms with Gasteiger partial charge in [-0.1, -0.05) is 0 Å². The molecule has 0 aromatic carbocycles. The van der Waals surface area contributed by atoms with E-state index in [2.05, 4.69) is 4.72 Å². The molecule has 0 amide bonds. The molecule has 1 fully saturated rings. The summed E-state index contributed by atoms with van der Waals surface area (Å²) in [6.07, 6.45) is 1.54. The molecule has 5 nitrogen and oxygen atoms in total. The molecule has 0 heterocycles. The summed E-state index contributed by atoms with van der Waals surface area (Å²) in [6.45, 7) is 0.825. The Hall–Kier alpha value is -0.170. The van der Waals surface area contributed by atoms with Crippen molar-refractivity contribution in [3.63, 3.8) is 0 Å². The predicted molar refractivity (Wildman–Crippen MR) is 47.8 cm³/mol. The number of rotatable bonds is 7. The first-order valence-electron chi connectivity index (χ1n) is 4.34. The van der Waals surface area contributed by atoms with Crippen LogP contribution in [0.5, 0.6) is 0 Å². The van der Waals surface area contributed by atoms with Crippen LogP contribution in [0.2, 0.25) is 0 Å². The van der Waals surface area contributed by atoms with Crippen LogP contribution in [0.3, 0.4) is 0 Å². The van der Waals surface area contributed by atoms with Gasteiger partial charge in [-0.25, -0.2) is 13.1 Å². The van der Waals surface area contributed by atoms with Crippen molar-refractivity contribution >= 4 is 10.0 Å². The van der Waals surface area contributed by atoms with Crippen LogP contribution in [-0.4, -0.2) is 45.1 Å². The summed E-state index contributed by atoms with van der Waals surface area (Å²) < 4.78 is 29.8. The van der Waals surface area contributed by atoms with E-state index < -0.39 is 10.0 Å². The molecule has 2 N–H and O–H groups in total. The second kappa shape index (κ2) is 4.90. The van der Waals surface area contributed by atoms with Crippen LogP contribution in [0, 0.1) is 0 Å². The van der Waals surface area contributed by atoms with Crippen molar-refractivity contribution in [3.8, 4) is 0 Å². The van der Waals surface area contributed by atoms with Crippen molar-refractivity contribution in [1.29, 1.82) is 0 Å². The third-order valence-corrected chi connectivity index (χ3v) is 3.70. The summed E-state index contributed by atoms with van der Waals surface area (Å²) in [4.78, 5) is 0. The molecule has 0 atom stereocenters. The molecule has 0 aromatic rings. The smallest absolute Gasteiger partial charge is 0.214 e. The number of aliphatic hydroxyl groups is 1. The van der Waals surface area contributed by atoms with Crippen molar-refractivity contribution in [2.75, 3.05) is 26.4 Å². The van der Waals surface area contributed by atoms with Crippen molar-refractivity contribution in [1.82, 2.24) is 4.72 Å². The van der Waals surface area contributed by atoms with Gasteiger partial charge < -0.3 is 9.84 Å². The molecule has 0 radical (unpaired) electrons. The zero-order valence-electron chi connectivity index (χ0n) is 7.40. The Morgan fingerprint density at radius 2 is 2.08 bits per heavy atom. The lowest BCUT2D eigenvalue weighted by Crippen LogP contribution is -2.30. The lowest BCUT2D eigenvalue weighted by atomic mass is 10.7. The molecule has 78 valence electrons. The Balaban J connectivity index is 2.04. The maximum atomic E-state index is 11.2. The maximum Gasteiger partial charge on any atom is 0.214 e. The van der Waals surface area contributed by atoms with Crippen molar-refractivity contribution in [2.24, 2.45) is 0 Å². The van der Waals surface area contributed by atoms with Gasteiger partial charge in [-0.15, -0.1) is 0 Å². The second-order valence-corrected chi connectivity index (χ2v) is 5.02. The summed E-state index contributed by atoms with van der Waals surface area (Å²) in [5.74, 6) is 0. The Labute approximate surface area is 78.1 Å². The van der Waals surface area contributed by atoms with Crippen LogP contribution in [0.25, 0.3) is 0 Å². The Morgan fingerprint density at radius 3 is 2.62 bits per heavy atom. The zero-order valence-corrected chi connectivity index (χ0v) is 8.22. The van der Waals surface area contributed by atoms with Gasteiger partial charge in [0.05, 0.1) is 25.1 Å². The molecule has 0 spiro atoms. The fourth-order valence-corrected chi connectivity index (χ4v) is 2.28. The number of ether oxygens (including phenoxy) is 1. The van der Waals surface area contributed by atoms with E-state index in [0.29, 0.717) is 13.2 Å². The predicted octanol–water partition coefficient (Wildman–Crippen LogP) is -0.923. The SMILES string of the molecule is O=S(=O)(NCCOCCO)C1CC1. The van der Waals surface area contributed by atoms with E-state index in [4.69, 9.17) is 9.84 Å². The van der Waals surface area contributed by atoms with Gasteiger partial charge in [0, 0.05) is 6.54 Å². The van der Waals surface area contributed by atoms with Crippen LogP contribution in [0.15, 0.2) is 0 Å². The number of nitrogens with one attached hydrogen (secondary N) is 1. The van der Waals surface area contributed by atoms with Gasteiger partial charge in [-0.05, 0) is 12.8 Å². The Morgan fingerprint density at radius 1 is 1.38 bits per heavy atom. The molecular weight excluding hydrogens is 194 g/mol. The monoisotopic (exact) mass is 209 g/mol. The highest BCUT2D eigenvalue weighted by Crippen LogP contribution is 2.27. The van der Waals surface area contributed by atoms with Gasteiger partial charge in [-0.3, -0.25) is 0 Å². The zero-order chi connectivity index (χ0) is 9.73. The first-order valence-corrected chi connectivity index (χ1v) is 5.88. The minimum absolute atomic E-state index is 0.0324. The highest BCUT2D eigenvalue weighted by atomic mass is 32.2. The average molecular weight is 209 g/mol. The van der Waals surface area contributed by atoms with Crippen molar-refractivity contribution in [3.05, 3.63) is 0 Å². The van der Waals surface area contributed by atoms with Gasteiger partial charge in [0.1, 0.15) is 0 Å². The highest BCUT2D eigenvalue weighted by Gasteiger charge is 2.35. The van der Waals surface area contributed by atoms with E-state index in [1.54, 1.807) is 0 Å². The third-order valence-electron chi connectivity index (χ3n) is 1.75. The normalized spacial score (nSPS) is 17.6. The molecule has 0 aromatic heterocycles. The van der Waals surface area contributed by atoms with Gasteiger partial charge in [0.15, 0.2) is 0 Å². The molecule has 0 aliphatic heterocycles. The lowest BCUT2D eigenvalue weighted by molar-refractivity contribution is 0.0961.